The normalized spacial score (nSPS) is 20.3. The van der Waals surface area contributed by atoms with Crippen molar-refractivity contribution in [1.29, 1.82) is 0 Å². The lowest BCUT2D eigenvalue weighted by Gasteiger charge is -2.13. The predicted octanol–water partition coefficient (Wildman–Crippen LogP) is 1.63. The van der Waals surface area contributed by atoms with Crippen LogP contribution >= 0.6 is 15.9 Å². The molecule has 0 aliphatic carbocycles. The number of aromatic nitrogens is 1. The Morgan fingerprint density at radius 3 is 3.00 bits per heavy atom. The molecular formula is C10H11BrFN3O. The van der Waals surface area contributed by atoms with Crippen molar-refractivity contribution in [3.05, 3.63) is 22.6 Å². The van der Waals surface area contributed by atoms with Gasteiger partial charge in [-0.1, -0.05) is 0 Å². The SMILES string of the molecule is CN1CCC(Nc2ncc(Br)cc2F)C1=O. The molecule has 0 spiro atoms. The third kappa shape index (κ3) is 2.16. The van der Waals surface area contributed by atoms with Crippen molar-refractivity contribution < 1.29 is 9.18 Å². The summed E-state index contributed by atoms with van der Waals surface area (Å²) in [5.41, 5.74) is 0. The van der Waals surface area contributed by atoms with Gasteiger partial charge in [0.15, 0.2) is 11.6 Å². The second-order valence-corrected chi connectivity index (χ2v) is 4.65. The van der Waals surface area contributed by atoms with Gasteiger partial charge in [0.2, 0.25) is 5.91 Å². The maximum atomic E-state index is 13.4. The number of halogens is 2. The highest BCUT2D eigenvalue weighted by Crippen LogP contribution is 2.19. The molecule has 0 aromatic carbocycles. The molecule has 16 heavy (non-hydrogen) atoms. The Hall–Kier alpha value is -1.17. The Kier molecular flexibility index (Phi) is 3.09. The van der Waals surface area contributed by atoms with Crippen LogP contribution in [0.15, 0.2) is 16.7 Å². The molecule has 1 saturated heterocycles. The van der Waals surface area contributed by atoms with Gasteiger partial charge >= 0.3 is 0 Å². The van der Waals surface area contributed by atoms with E-state index >= 15 is 0 Å². The molecule has 0 radical (unpaired) electrons. The van der Waals surface area contributed by atoms with Crippen LogP contribution in [-0.4, -0.2) is 35.4 Å². The van der Waals surface area contributed by atoms with Crippen molar-refractivity contribution >= 4 is 27.7 Å². The first-order valence-corrected chi connectivity index (χ1v) is 5.70. The standard InChI is InChI=1S/C10H11BrFN3O/c1-15-3-2-8(10(15)16)14-9-7(12)4-6(11)5-13-9/h4-5,8H,2-3H2,1H3,(H,13,14). The second kappa shape index (κ2) is 4.37. The van der Waals surface area contributed by atoms with Gasteiger partial charge in [-0.25, -0.2) is 9.37 Å². The van der Waals surface area contributed by atoms with E-state index in [1.165, 1.54) is 12.3 Å². The summed E-state index contributed by atoms with van der Waals surface area (Å²) >= 11 is 3.12. The Labute approximate surface area is 101 Å². The van der Waals surface area contributed by atoms with Crippen molar-refractivity contribution in [2.45, 2.75) is 12.5 Å². The molecule has 6 heteroatoms. The highest BCUT2D eigenvalue weighted by molar-refractivity contribution is 9.10. The van der Waals surface area contributed by atoms with Crippen LogP contribution < -0.4 is 5.32 Å². The summed E-state index contributed by atoms with van der Waals surface area (Å²) in [4.78, 5) is 17.1. The lowest BCUT2D eigenvalue weighted by molar-refractivity contribution is -0.127. The quantitative estimate of drug-likeness (QED) is 0.899. The van der Waals surface area contributed by atoms with Crippen LogP contribution in [-0.2, 0) is 4.79 Å². The molecule has 1 fully saturated rings. The molecule has 2 heterocycles. The van der Waals surface area contributed by atoms with E-state index in [9.17, 15) is 9.18 Å². The van der Waals surface area contributed by atoms with E-state index in [2.05, 4.69) is 26.2 Å². The van der Waals surface area contributed by atoms with Gasteiger partial charge in [0.25, 0.3) is 0 Å². The summed E-state index contributed by atoms with van der Waals surface area (Å²) in [5, 5.41) is 2.82. The summed E-state index contributed by atoms with van der Waals surface area (Å²) in [6, 6.07) is 0.951. The Morgan fingerprint density at radius 1 is 1.69 bits per heavy atom. The van der Waals surface area contributed by atoms with Gasteiger partial charge < -0.3 is 10.2 Å². The lowest BCUT2D eigenvalue weighted by atomic mass is 10.2. The number of nitrogens with one attached hydrogen (secondary N) is 1. The molecular weight excluding hydrogens is 277 g/mol. The summed E-state index contributed by atoms with van der Waals surface area (Å²) < 4.78 is 14.0. The van der Waals surface area contributed by atoms with Crippen LogP contribution in [0.3, 0.4) is 0 Å². The van der Waals surface area contributed by atoms with Crippen LogP contribution in [0, 0.1) is 5.82 Å². The number of amides is 1. The van der Waals surface area contributed by atoms with E-state index in [0.29, 0.717) is 17.4 Å². The minimum atomic E-state index is -0.461. The Bertz CT molecular complexity index is 427. The van der Waals surface area contributed by atoms with E-state index < -0.39 is 5.82 Å². The predicted molar refractivity (Wildman–Crippen MR) is 61.6 cm³/mol. The van der Waals surface area contributed by atoms with Gasteiger partial charge in [-0.15, -0.1) is 0 Å². The van der Waals surface area contributed by atoms with Gasteiger partial charge in [-0.3, -0.25) is 4.79 Å². The first kappa shape index (κ1) is 11.3. The zero-order valence-electron chi connectivity index (χ0n) is 8.70. The van der Waals surface area contributed by atoms with Gasteiger partial charge in [0.05, 0.1) is 0 Å². The molecule has 2 rings (SSSR count). The van der Waals surface area contributed by atoms with E-state index in [1.807, 2.05) is 0 Å². The monoisotopic (exact) mass is 287 g/mol. The maximum Gasteiger partial charge on any atom is 0.244 e. The molecule has 1 aliphatic rings. The molecule has 4 nitrogen and oxygen atoms in total. The van der Waals surface area contributed by atoms with Crippen molar-refractivity contribution in [3.8, 4) is 0 Å². The fourth-order valence-corrected chi connectivity index (χ4v) is 1.95. The van der Waals surface area contributed by atoms with Crippen molar-refractivity contribution in [2.75, 3.05) is 18.9 Å². The topological polar surface area (TPSA) is 45.2 Å². The molecule has 0 saturated carbocycles. The zero-order valence-corrected chi connectivity index (χ0v) is 10.3. The number of likely N-dealkylation sites (tertiary alicyclic amines) is 1. The molecule has 1 aromatic heterocycles. The van der Waals surface area contributed by atoms with Crippen LogP contribution in [0.2, 0.25) is 0 Å². The smallest absolute Gasteiger partial charge is 0.244 e. The number of carbonyl (C=O) groups is 1. The van der Waals surface area contributed by atoms with Crippen LogP contribution in [0.4, 0.5) is 10.2 Å². The first-order chi connectivity index (χ1) is 7.58. The number of carbonyl (C=O) groups excluding carboxylic acids is 1. The van der Waals surface area contributed by atoms with Crippen molar-refractivity contribution in [3.63, 3.8) is 0 Å². The van der Waals surface area contributed by atoms with Gasteiger partial charge in [0, 0.05) is 24.3 Å². The molecule has 1 aromatic rings. The van der Waals surface area contributed by atoms with Gasteiger partial charge in [-0.2, -0.15) is 0 Å². The minimum Gasteiger partial charge on any atom is -0.356 e. The average molecular weight is 288 g/mol. The number of nitrogens with zero attached hydrogens (tertiary/aromatic N) is 2. The van der Waals surface area contributed by atoms with E-state index in [0.717, 1.165) is 0 Å². The summed E-state index contributed by atoms with van der Waals surface area (Å²) in [5.74, 6) is -0.363. The zero-order chi connectivity index (χ0) is 11.7. The van der Waals surface area contributed by atoms with Crippen LogP contribution in [0.5, 0.6) is 0 Å². The molecule has 1 atom stereocenters. The molecule has 0 bridgehead atoms. The first-order valence-electron chi connectivity index (χ1n) is 4.90. The number of hydrogen-bond donors (Lipinski definition) is 1. The van der Waals surface area contributed by atoms with Crippen molar-refractivity contribution in [1.82, 2.24) is 9.88 Å². The second-order valence-electron chi connectivity index (χ2n) is 3.73. The summed E-state index contributed by atoms with van der Waals surface area (Å²) in [7, 11) is 1.73. The molecule has 1 amide bonds. The van der Waals surface area contributed by atoms with Gasteiger partial charge in [-0.05, 0) is 28.4 Å². The number of pyridine rings is 1. The average Bonchev–Trinajstić information content (AvgIpc) is 2.54. The fourth-order valence-electron chi connectivity index (χ4n) is 1.64. The number of rotatable bonds is 2. The lowest BCUT2D eigenvalue weighted by Crippen LogP contribution is -2.31. The summed E-state index contributed by atoms with van der Waals surface area (Å²) in [6.45, 7) is 0.689. The highest BCUT2D eigenvalue weighted by Gasteiger charge is 2.29. The molecule has 86 valence electrons. The Morgan fingerprint density at radius 2 is 2.44 bits per heavy atom. The number of hydrogen-bond acceptors (Lipinski definition) is 3. The maximum absolute atomic E-state index is 13.4. The van der Waals surface area contributed by atoms with Crippen molar-refractivity contribution in [2.24, 2.45) is 0 Å². The van der Waals surface area contributed by atoms with E-state index in [1.54, 1.807) is 11.9 Å². The summed E-state index contributed by atoms with van der Waals surface area (Å²) in [6.07, 6.45) is 2.17. The van der Waals surface area contributed by atoms with E-state index in [4.69, 9.17) is 0 Å². The molecule has 1 aliphatic heterocycles. The largest absolute Gasteiger partial charge is 0.356 e. The highest BCUT2D eigenvalue weighted by atomic mass is 79.9. The molecule has 1 N–H and O–H groups in total. The minimum absolute atomic E-state index is 0.0240. The molecule has 1 unspecified atom stereocenters. The number of anilines is 1. The van der Waals surface area contributed by atoms with E-state index in [-0.39, 0.29) is 17.8 Å². The van der Waals surface area contributed by atoms with Crippen LogP contribution in [0.25, 0.3) is 0 Å². The number of likely N-dealkylation sites (N-methyl/N-ethyl adjacent to an activating group) is 1. The van der Waals surface area contributed by atoms with Crippen LogP contribution in [0.1, 0.15) is 6.42 Å². The third-order valence-electron chi connectivity index (χ3n) is 2.55. The Balaban J connectivity index is 2.12. The third-order valence-corrected chi connectivity index (χ3v) is 2.98. The fraction of sp³-hybridized carbons (Fsp3) is 0.400. The van der Waals surface area contributed by atoms with Gasteiger partial charge in [0.1, 0.15) is 6.04 Å².